The highest BCUT2D eigenvalue weighted by Crippen LogP contribution is 1.93. The zero-order valence-electron chi connectivity index (χ0n) is 6.74. The normalized spacial score (nSPS) is 8.20. The SMILES string of the molecule is CCC#CCCCC(C)=O. The number of carbonyl (C=O) groups is 1. The van der Waals surface area contributed by atoms with Crippen molar-refractivity contribution < 1.29 is 4.79 Å². The van der Waals surface area contributed by atoms with E-state index >= 15 is 0 Å². The molecule has 0 aliphatic carbocycles. The lowest BCUT2D eigenvalue weighted by Gasteiger charge is -1.87. The highest BCUT2D eigenvalue weighted by Gasteiger charge is 1.89. The molecule has 0 saturated heterocycles. The maximum absolute atomic E-state index is 10.4. The first-order valence-corrected chi connectivity index (χ1v) is 3.72. The smallest absolute Gasteiger partial charge is 0.129 e. The van der Waals surface area contributed by atoms with E-state index in [9.17, 15) is 4.79 Å². The van der Waals surface area contributed by atoms with E-state index in [0.29, 0.717) is 6.42 Å². The highest BCUT2D eigenvalue weighted by atomic mass is 16.1. The predicted octanol–water partition coefficient (Wildman–Crippen LogP) is 2.16. The summed E-state index contributed by atoms with van der Waals surface area (Å²) in [6.07, 6.45) is 3.38. The van der Waals surface area contributed by atoms with Gasteiger partial charge in [0.05, 0.1) is 0 Å². The quantitative estimate of drug-likeness (QED) is 0.431. The summed E-state index contributed by atoms with van der Waals surface area (Å²) in [4.78, 5) is 10.4. The molecular weight excluding hydrogens is 124 g/mol. The molecule has 0 amide bonds. The molecule has 0 aliphatic rings. The van der Waals surface area contributed by atoms with Crippen molar-refractivity contribution in [2.75, 3.05) is 0 Å². The van der Waals surface area contributed by atoms with Crippen LogP contribution in [-0.2, 0) is 4.79 Å². The minimum atomic E-state index is 0.262. The maximum atomic E-state index is 10.4. The lowest BCUT2D eigenvalue weighted by molar-refractivity contribution is -0.117. The number of rotatable bonds is 3. The summed E-state index contributed by atoms with van der Waals surface area (Å²) in [5.74, 6) is 6.21. The van der Waals surface area contributed by atoms with Crippen molar-refractivity contribution in [3.8, 4) is 11.8 Å². The van der Waals surface area contributed by atoms with E-state index in [0.717, 1.165) is 19.3 Å². The lowest BCUT2D eigenvalue weighted by atomic mass is 10.2. The van der Waals surface area contributed by atoms with Crippen molar-refractivity contribution in [2.24, 2.45) is 0 Å². The summed E-state index contributed by atoms with van der Waals surface area (Å²) >= 11 is 0. The minimum absolute atomic E-state index is 0.262. The molecule has 0 rings (SSSR count). The molecule has 10 heavy (non-hydrogen) atoms. The van der Waals surface area contributed by atoms with Crippen molar-refractivity contribution in [2.45, 2.75) is 39.5 Å². The van der Waals surface area contributed by atoms with Crippen molar-refractivity contribution in [3.63, 3.8) is 0 Å². The number of ketones is 1. The Hall–Kier alpha value is -0.770. The molecule has 0 bridgehead atoms. The first-order valence-electron chi connectivity index (χ1n) is 3.72. The zero-order chi connectivity index (χ0) is 7.82. The fourth-order valence-corrected chi connectivity index (χ4v) is 0.639. The molecule has 0 aromatic heterocycles. The van der Waals surface area contributed by atoms with E-state index in [1.165, 1.54) is 0 Å². The van der Waals surface area contributed by atoms with Gasteiger partial charge in [0.15, 0.2) is 0 Å². The molecule has 0 unspecified atom stereocenters. The van der Waals surface area contributed by atoms with Crippen molar-refractivity contribution in [3.05, 3.63) is 0 Å². The molecule has 0 spiro atoms. The summed E-state index contributed by atoms with van der Waals surface area (Å²) in [6, 6.07) is 0. The van der Waals surface area contributed by atoms with Gasteiger partial charge in [0, 0.05) is 19.3 Å². The fraction of sp³-hybridized carbons (Fsp3) is 0.667. The highest BCUT2D eigenvalue weighted by molar-refractivity contribution is 5.75. The molecule has 1 nitrogen and oxygen atoms in total. The summed E-state index contributed by atoms with van der Waals surface area (Å²) in [7, 11) is 0. The second-order valence-corrected chi connectivity index (χ2v) is 2.26. The Bertz CT molecular complexity index is 148. The Kier molecular flexibility index (Phi) is 5.86. The summed E-state index contributed by atoms with van der Waals surface area (Å²) < 4.78 is 0. The minimum Gasteiger partial charge on any atom is -0.300 e. The van der Waals surface area contributed by atoms with Crippen molar-refractivity contribution in [1.29, 1.82) is 0 Å². The van der Waals surface area contributed by atoms with Crippen LogP contribution in [0.4, 0.5) is 0 Å². The van der Waals surface area contributed by atoms with Gasteiger partial charge in [-0.05, 0) is 13.3 Å². The molecule has 0 aromatic carbocycles. The average molecular weight is 138 g/mol. The maximum Gasteiger partial charge on any atom is 0.129 e. The van der Waals surface area contributed by atoms with Gasteiger partial charge < -0.3 is 4.79 Å². The van der Waals surface area contributed by atoms with Gasteiger partial charge in [-0.1, -0.05) is 6.92 Å². The first kappa shape index (κ1) is 9.23. The number of hydrogen-bond acceptors (Lipinski definition) is 1. The van der Waals surface area contributed by atoms with E-state index in [4.69, 9.17) is 0 Å². The third kappa shape index (κ3) is 7.23. The predicted molar refractivity (Wildman–Crippen MR) is 42.6 cm³/mol. The number of carbonyl (C=O) groups excluding carboxylic acids is 1. The van der Waals surface area contributed by atoms with Gasteiger partial charge in [0.1, 0.15) is 5.78 Å². The second kappa shape index (κ2) is 6.35. The van der Waals surface area contributed by atoms with Gasteiger partial charge in [-0.3, -0.25) is 0 Å². The van der Waals surface area contributed by atoms with E-state index in [2.05, 4.69) is 11.8 Å². The standard InChI is InChI=1S/C9H14O/c1-3-4-5-6-7-8-9(2)10/h3,6-8H2,1-2H3. The van der Waals surface area contributed by atoms with Crippen LogP contribution in [0.2, 0.25) is 0 Å². The van der Waals surface area contributed by atoms with Gasteiger partial charge >= 0.3 is 0 Å². The van der Waals surface area contributed by atoms with E-state index in [-0.39, 0.29) is 5.78 Å². The molecular formula is C9H14O. The topological polar surface area (TPSA) is 17.1 Å². The second-order valence-electron chi connectivity index (χ2n) is 2.26. The monoisotopic (exact) mass is 138 g/mol. The molecule has 56 valence electrons. The molecule has 0 atom stereocenters. The van der Waals surface area contributed by atoms with E-state index < -0.39 is 0 Å². The Morgan fingerprint density at radius 3 is 2.60 bits per heavy atom. The molecule has 0 aliphatic heterocycles. The van der Waals surface area contributed by atoms with Crippen LogP contribution < -0.4 is 0 Å². The summed E-state index contributed by atoms with van der Waals surface area (Å²) in [5.41, 5.74) is 0. The van der Waals surface area contributed by atoms with Crippen LogP contribution >= 0.6 is 0 Å². The summed E-state index contributed by atoms with van der Waals surface area (Å²) in [5, 5.41) is 0. The van der Waals surface area contributed by atoms with Crippen LogP contribution in [0.1, 0.15) is 39.5 Å². The van der Waals surface area contributed by atoms with Gasteiger partial charge in [0.25, 0.3) is 0 Å². The zero-order valence-corrected chi connectivity index (χ0v) is 6.74. The molecule has 1 heteroatoms. The van der Waals surface area contributed by atoms with Gasteiger partial charge in [-0.15, -0.1) is 11.8 Å². The number of hydrogen-bond donors (Lipinski definition) is 0. The van der Waals surface area contributed by atoms with E-state index in [1.54, 1.807) is 6.92 Å². The van der Waals surface area contributed by atoms with Gasteiger partial charge in [-0.2, -0.15) is 0 Å². The van der Waals surface area contributed by atoms with Crippen LogP contribution in [0, 0.1) is 11.8 Å². The average Bonchev–Trinajstić information content (AvgIpc) is 1.87. The largest absolute Gasteiger partial charge is 0.300 e. The molecule has 0 aromatic rings. The van der Waals surface area contributed by atoms with Crippen LogP contribution in [0.5, 0.6) is 0 Å². The van der Waals surface area contributed by atoms with Crippen molar-refractivity contribution in [1.82, 2.24) is 0 Å². The molecule has 0 fully saturated rings. The Morgan fingerprint density at radius 1 is 1.40 bits per heavy atom. The lowest BCUT2D eigenvalue weighted by Crippen LogP contribution is -1.87. The fourth-order valence-electron chi connectivity index (χ4n) is 0.639. The third-order valence-corrected chi connectivity index (χ3v) is 1.13. The van der Waals surface area contributed by atoms with E-state index in [1.807, 2.05) is 6.92 Å². The van der Waals surface area contributed by atoms with Gasteiger partial charge in [-0.25, -0.2) is 0 Å². The van der Waals surface area contributed by atoms with Crippen LogP contribution in [0.15, 0.2) is 0 Å². The van der Waals surface area contributed by atoms with Crippen LogP contribution in [0.25, 0.3) is 0 Å². The first-order chi connectivity index (χ1) is 4.77. The van der Waals surface area contributed by atoms with Crippen LogP contribution in [0.3, 0.4) is 0 Å². The van der Waals surface area contributed by atoms with Gasteiger partial charge in [0.2, 0.25) is 0 Å². The third-order valence-electron chi connectivity index (χ3n) is 1.13. The van der Waals surface area contributed by atoms with Crippen LogP contribution in [-0.4, -0.2) is 5.78 Å². The Labute approximate surface area is 62.8 Å². The molecule has 0 N–H and O–H groups in total. The Morgan fingerprint density at radius 2 is 2.10 bits per heavy atom. The molecule has 0 radical (unpaired) electrons. The number of unbranched alkanes of at least 4 members (excludes halogenated alkanes) is 1. The van der Waals surface area contributed by atoms with Crippen molar-refractivity contribution >= 4 is 5.78 Å². The molecule has 0 heterocycles. The summed E-state index contributed by atoms with van der Waals surface area (Å²) in [6.45, 7) is 3.64. The number of Topliss-reactive ketones (excluding diaryl/α,β-unsaturated/α-hetero) is 1. The molecule has 0 saturated carbocycles. The Balaban J connectivity index is 3.13.